The van der Waals surface area contributed by atoms with Crippen molar-refractivity contribution < 1.29 is 9.47 Å². The number of hydrogen-bond acceptors (Lipinski definition) is 4. The Morgan fingerprint density at radius 3 is 2.76 bits per heavy atom. The van der Waals surface area contributed by atoms with Crippen molar-refractivity contribution >= 4 is 0 Å². The molecular weight excluding hydrogens is 264 g/mol. The smallest absolute Gasteiger partial charge is 0.161 e. The molecule has 0 saturated carbocycles. The monoisotopic (exact) mass is 288 g/mol. The Balaban J connectivity index is 1.71. The Hall–Kier alpha value is -1.52. The second kappa shape index (κ2) is 5.70. The summed E-state index contributed by atoms with van der Waals surface area (Å²) in [5.74, 6) is 1.57. The van der Waals surface area contributed by atoms with Gasteiger partial charge >= 0.3 is 0 Å². The number of nitrogens with one attached hydrogen (secondary N) is 1. The van der Waals surface area contributed by atoms with Gasteiger partial charge in [0.1, 0.15) is 0 Å². The molecule has 4 heteroatoms. The predicted molar refractivity (Wildman–Crippen MR) is 83.9 cm³/mol. The summed E-state index contributed by atoms with van der Waals surface area (Å²) in [6, 6.07) is 6.15. The van der Waals surface area contributed by atoms with Crippen LogP contribution in [0.3, 0.4) is 0 Å². The molecule has 21 heavy (non-hydrogen) atoms. The van der Waals surface area contributed by atoms with E-state index in [4.69, 9.17) is 9.47 Å². The van der Waals surface area contributed by atoms with E-state index in [1.807, 2.05) is 6.07 Å². The number of likely N-dealkylation sites (tertiary alicyclic amines) is 1. The van der Waals surface area contributed by atoms with Gasteiger partial charge in [-0.25, -0.2) is 0 Å². The zero-order chi connectivity index (χ0) is 14.9. The van der Waals surface area contributed by atoms with Crippen molar-refractivity contribution in [3.63, 3.8) is 0 Å². The van der Waals surface area contributed by atoms with Crippen molar-refractivity contribution in [2.45, 2.75) is 24.9 Å². The Bertz CT molecular complexity index is 536. The van der Waals surface area contributed by atoms with E-state index in [-0.39, 0.29) is 5.54 Å². The van der Waals surface area contributed by atoms with Crippen molar-refractivity contribution in [3.05, 3.63) is 35.9 Å². The standard InChI is InChI=1S/C17H24N2O2/c1-13-10-19(12-17(13)7-4-8-18-17)11-14-5-6-15(20-2)16(9-14)21-3/h5-6,9,18H,1,4,7-8,10-12H2,2-3H3. The molecule has 1 N–H and O–H groups in total. The lowest BCUT2D eigenvalue weighted by Gasteiger charge is -2.25. The van der Waals surface area contributed by atoms with Crippen LogP contribution in [0.2, 0.25) is 0 Å². The summed E-state index contributed by atoms with van der Waals surface area (Å²) < 4.78 is 10.7. The molecular formula is C17H24N2O2. The van der Waals surface area contributed by atoms with Gasteiger partial charge in [0.15, 0.2) is 11.5 Å². The van der Waals surface area contributed by atoms with Gasteiger partial charge in [-0.15, -0.1) is 0 Å². The molecule has 0 amide bonds. The molecule has 2 heterocycles. The van der Waals surface area contributed by atoms with Gasteiger partial charge in [-0.05, 0) is 42.7 Å². The zero-order valence-electron chi connectivity index (χ0n) is 12.9. The molecule has 2 fully saturated rings. The molecule has 1 unspecified atom stereocenters. The number of ether oxygens (including phenoxy) is 2. The van der Waals surface area contributed by atoms with Gasteiger partial charge in [-0.1, -0.05) is 12.6 Å². The van der Waals surface area contributed by atoms with Gasteiger partial charge in [-0.3, -0.25) is 4.90 Å². The molecule has 0 bridgehead atoms. The summed E-state index contributed by atoms with van der Waals surface area (Å²) in [7, 11) is 3.34. The Labute approximate surface area is 126 Å². The van der Waals surface area contributed by atoms with Crippen molar-refractivity contribution in [2.24, 2.45) is 0 Å². The highest BCUT2D eigenvalue weighted by atomic mass is 16.5. The SMILES string of the molecule is C=C1CN(Cc2ccc(OC)c(OC)c2)CC12CCCN2. The maximum absolute atomic E-state index is 5.38. The van der Waals surface area contributed by atoms with Gasteiger partial charge < -0.3 is 14.8 Å². The molecule has 2 aliphatic rings. The summed E-state index contributed by atoms with van der Waals surface area (Å²) >= 11 is 0. The summed E-state index contributed by atoms with van der Waals surface area (Å²) in [6.45, 7) is 8.36. The number of rotatable bonds is 4. The van der Waals surface area contributed by atoms with Gasteiger partial charge in [0, 0.05) is 19.6 Å². The second-order valence-electron chi connectivity index (χ2n) is 6.05. The first kappa shape index (κ1) is 14.4. The van der Waals surface area contributed by atoms with E-state index in [1.165, 1.54) is 24.0 Å². The molecule has 2 saturated heterocycles. The van der Waals surface area contributed by atoms with Crippen LogP contribution in [0.1, 0.15) is 18.4 Å². The first-order chi connectivity index (χ1) is 10.2. The number of methoxy groups -OCH3 is 2. The fourth-order valence-electron chi connectivity index (χ4n) is 3.56. The van der Waals surface area contributed by atoms with Gasteiger partial charge in [0.05, 0.1) is 19.8 Å². The highest BCUT2D eigenvalue weighted by molar-refractivity contribution is 5.43. The van der Waals surface area contributed by atoms with E-state index in [0.29, 0.717) is 0 Å². The van der Waals surface area contributed by atoms with Crippen LogP contribution in [0.15, 0.2) is 30.4 Å². The van der Waals surface area contributed by atoms with Crippen LogP contribution >= 0.6 is 0 Å². The highest BCUT2D eigenvalue weighted by Crippen LogP contribution is 2.35. The third-order valence-electron chi connectivity index (χ3n) is 4.68. The molecule has 2 aliphatic heterocycles. The van der Waals surface area contributed by atoms with Crippen LogP contribution in [0, 0.1) is 0 Å². The first-order valence-electron chi connectivity index (χ1n) is 7.53. The van der Waals surface area contributed by atoms with Crippen LogP contribution in [0.25, 0.3) is 0 Å². The van der Waals surface area contributed by atoms with E-state index in [9.17, 15) is 0 Å². The maximum atomic E-state index is 5.38. The molecule has 0 radical (unpaired) electrons. The average molecular weight is 288 g/mol. The highest BCUT2D eigenvalue weighted by Gasteiger charge is 2.42. The van der Waals surface area contributed by atoms with Crippen molar-refractivity contribution in [3.8, 4) is 11.5 Å². The lowest BCUT2D eigenvalue weighted by Crippen LogP contribution is -2.43. The van der Waals surface area contributed by atoms with Gasteiger partial charge in [0.25, 0.3) is 0 Å². The molecule has 3 rings (SSSR count). The molecule has 4 nitrogen and oxygen atoms in total. The van der Waals surface area contributed by atoms with Crippen molar-refractivity contribution in [1.82, 2.24) is 10.2 Å². The molecule has 0 aliphatic carbocycles. The molecule has 1 atom stereocenters. The molecule has 114 valence electrons. The Kier molecular flexibility index (Phi) is 3.91. The largest absolute Gasteiger partial charge is 0.493 e. The van der Waals surface area contributed by atoms with Gasteiger partial charge in [0.2, 0.25) is 0 Å². The minimum atomic E-state index is 0.163. The van der Waals surface area contributed by atoms with E-state index in [0.717, 1.165) is 37.7 Å². The molecule has 0 aromatic heterocycles. The quantitative estimate of drug-likeness (QED) is 0.861. The van der Waals surface area contributed by atoms with Crippen molar-refractivity contribution in [1.29, 1.82) is 0 Å². The van der Waals surface area contributed by atoms with Crippen LogP contribution < -0.4 is 14.8 Å². The molecule has 1 aromatic carbocycles. The summed E-state index contributed by atoms with van der Waals surface area (Å²) in [4.78, 5) is 2.46. The Morgan fingerprint density at radius 1 is 1.29 bits per heavy atom. The normalized spacial score (nSPS) is 25.7. The van der Waals surface area contributed by atoms with E-state index >= 15 is 0 Å². The minimum absolute atomic E-state index is 0.163. The lowest BCUT2D eigenvalue weighted by molar-refractivity contribution is 0.291. The fraction of sp³-hybridized carbons (Fsp3) is 0.529. The topological polar surface area (TPSA) is 33.7 Å². The predicted octanol–water partition coefficient (Wildman–Crippen LogP) is 2.20. The Morgan fingerprint density at radius 2 is 2.10 bits per heavy atom. The summed E-state index contributed by atoms with van der Waals surface area (Å²) in [5.41, 5.74) is 2.74. The van der Waals surface area contributed by atoms with Crippen LogP contribution in [-0.4, -0.2) is 44.3 Å². The van der Waals surface area contributed by atoms with E-state index in [1.54, 1.807) is 14.2 Å². The molecule has 1 aromatic rings. The molecule has 1 spiro atoms. The third kappa shape index (κ3) is 2.65. The minimum Gasteiger partial charge on any atom is -0.493 e. The third-order valence-corrected chi connectivity index (χ3v) is 4.68. The van der Waals surface area contributed by atoms with E-state index < -0.39 is 0 Å². The number of benzene rings is 1. The van der Waals surface area contributed by atoms with Crippen LogP contribution in [0.4, 0.5) is 0 Å². The number of nitrogens with zero attached hydrogens (tertiary/aromatic N) is 1. The lowest BCUT2D eigenvalue weighted by atomic mass is 9.93. The van der Waals surface area contributed by atoms with E-state index in [2.05, 4.69) is 28.9 Å². The van der Waals surface area contributed by atoms with Crippen molar-refractivity contribution in [2.75, 3.05) is 33.9 Å². The number of hydrogen-bond donors (Lipinski definition) is 1. The zero-order valence-corrected chi connectivity index (χ0v) is 12.9. The first-order valence-corrected chi connectivity index (χ1v) is 7.53. The van der Waals surface area contributed by atoms with Crippen LogP contribution in [0.5, 0.6) is 11.5 Å². The average Bonchev–Trinajstić information content (AvgIpc) is 3.07. The second-order valence-corrected chi connectivity index (χ2v) is 6.05. The summed E-state index contributed by atoms with van der Waals surface area (Å²) in [5, 5.41) is 3.65. The van der Waals surface area contributed by atoms with Crippen LogP contribution in [-0.2, 0) is 6.54 Å². The van der Waals surface area contributed by atoms with Gasteiger partial charge in [-0.2, -0.15) is 0 Å². The fourth-order valence-corrected chi connectivity index (χ4v) is 3.56. The summed E-state index contributed by atoms with van der Waals surface area (Å²) in [6.07, 6.45) is 2.47. The maximum Gasteiger partial charge on any atom is 0.161 e.